The minimum atomic E-state index is 0. The van der Waals surface area contributed by atoms with E-state index in [1.165, 1.54) is 199 Å². The fourth-order valence-electron chi connectivity index (χ4n) is 16.9. The average Bonchev–Trinajstić information content (AvgIpc) is 0.796. The summed E-state index contributed by atoms with van der Waals surface area (Å²) in [5.74, 6) is 2.76. The number of aryl methyl sites for hydroxylation is 5. The van der Waals surface area contributed by atoms with Gasteiger partial charge in [-0.05, 0) is 264 Å². The second-order valence-electron chi connectivity index (χ2n) is 34.0. The van der Waals surface area contributed by atoms with Crippen molar-refractivity contribution in [2.75, 3.05) is 56.7 Å². The first-order chi connectivity index (χ1) is 66.7. The summed E-state index contributed by atoms with van der Waals surface area (Å²) in [7, 11) is 4.34. The molecule has 0 saturated carbocycles. The van der Waals surface area contributed by atoms with E-state index in [0.29, 0.717) is 0 Å². The number of hydrogen-bond acceptors (Lipinski definition) is 5. The Morgan fingerprint density at radius 3 is 0.511 bits per heavy atom. The minimum Gasteiger partial charge on any atom is -1.00 e. The van der Waals surface area contributed by atoms with Crippen molar-refractivity contribution in [2.45, 2.75) is 93.9 Å². The second kappa shape index (κ2) is 56.9. The zero-order chi connectivity index (χ0) is 95.3. The van der Waals surface area contributed by atoms with E-state index in [1.807, 2.05) is 0 Å². The van der Waals surface area contributed by atoms with Crippen molar-refractivity contribution in [3.05, 3.63) is 554 Å². The molecule has 16 aromatic rings. The summed E-state index contributed by atoms with van der Waals surface area (Å²) in [5.41, 5.74) is 35.5. The Bertz CT molecular complexity index is 6060. The van der Waals surface area contributed by atoms with Crippen molar-refractivity contribution < 1.29 is 35.7 Å². The molecule has 0 spiro atoms. The van der Waals surface area contributed by atoms with Crippen molar-refractivity contribution >= 4 is 96.9 Å². The van der Waals surface area contributed by atoms with E-state index in [4.69, 9.17) is 14.2 Å². The zero-order valence-corrected chi connectivity index (χ0v) is 86.1. The van der Waals surface area contributed by atoms with Crippen LogP contribution in [0, 0.1) is 34.6 Å². The first kappa shape index (κ1) is 105. The summed E-state index contributed by atoms with van der Waals surface area (Å²) in [4.78, 5) is 0. The first-order valence-corrected chi connectivity index (χ1v) is 50.4. The van der Waals surface area contributed by atoms with Crippen molar-refractivity contribution in [3.8, 4) is 17.2 Å². The molecule has 0 heterocycles. The molecule has 1 radical (unpaired) electrons. The van der Waals surface area contributed by atoms with Crippen molar-refractivity contribution in [1.29, 1.82) is 0 Å². The van der Waals surface area contributed by atoms with Gasteiger partial charge in [0.25, 0.3) is 0 Å². The smallest absolute Gasteiger partial charge is 1.00 e. The van der Waals surface area contributed by atoms with Gasteiger partial charge in [0.1, 0.15) is 17.2 Å². The van der Waals surface area contributed by atoms with Crippen molar-refractivity contribution in [3.63, 3.8) is 0 Å². The van der Waals surface area contributed by atoms with Gasteiger partial charge in [-0.1, -0.05) is 460 Å². The Labute approximate surface area is 851 Å². The molecule has 137 heavy (non-hydrogen) atoms. The van der Waals surface area contributed by atoms with E-state index < -0.39 is 0 Å². The van der Waals surface area contributed by atoms with Crippen molar-refractivity contribution in [1.82, 2.24) is 0 Å². The molecule has 16 aromatic carbocycles. The molecule has 0 aliphatic carbocycles. The van der Waals surface area contributed by atoms with E-state index in [-0.39, 0.29) is 17.0 Å². The van der Waals surface area contributed by atoms with Gasteiger partial charge in [0.05, 0.1) is 46.0 Å². The molecule has 693 valence electrons. The summed E-state index contributed by atoms with van der Waals surface area (Å²) >= 11 is 10.1. The predicted molar refractivity (Wildman–Crippen MR) is 593 cm³/mol. The normalized spacial score (nSPS) is 11.6. The summed E-state index contributed by atoms with van der Waals surface area (Å²) in [6.45, 7) is 24.7. The molecule has 16 rings (SSSR count). The second-order valence-corrected chi connectivity index (χ2v) is 35.8. The Balaban J connectivity index is 0.000000174. The van der Waals surface area contributed by atoms with Gasteiger partial charge in [-0.15, -0.1) is 0 Å². The number of nitrogens with zero attached hydrogens (tertiary/aromatic N) is 2. The Hall–Kier alpha value is -12.5. The van der Waals surface area contributed by atoms with Crippen molar-refractivity contribution in [2.24, 2.45) is 4.30 Å². The third kappa shape index (κ3) is 31.3. The summed E-state index contributed by atoms with van der Waals surface area (Å²) in [5, 5.41) is 2.03. The summed E-state index contributed by atoms with van der Waals surface area (Å²) in [6.07, 6.45) is 6.63. The fraction of sp³-hybridized carbons (Fsp3) is 0.181. The summed E-state index contributed by atoms with van der Waals surface area (Å²) in [6, 6.07) is 155. The molecule has 0 amide bonds. The molecule has 5 nitrogen and oxygen atoms in total. The Morgan fingerprint density at radius 2 is 0.365 bits per heavy atom. The van der Waals surface area contributed by atoms with Crippen LogP contribution in [0.3, 0.4) is 0 Å². The number of unbranched alkanes of at least 4 members (excludes halogenated alkanes) is 3. The molecule has 0 aromatic heterocycles. The van der Waals surface area contributed by atoms with Crippen LogP contribution in [-0.4, -0.2) is 68.8 Å². The van der Waals surface area contributed by atoms with Gasteiger partial charge < -0.3 is 35.7 Å². The van der Waals surface area contributed by atoms with Gasteiger partial charge in [-0.3, -0.25) is 0 Å². The molecule has 0 aliphatic heterocycles. The minimum absolute atomic E-state index is 0. The monoisotopic (exact) mass is 2010 g/mol. The van der Waals surface area contributed by atoms with E-state index in [9.17, 15) is 0 Å². The van der Waals surface area contributed by atoms with Crippen LogP contribution in [0.25, 0.3) is 44.6 Å². The van der Waals surface area contributed by atoms with Gasteiger partial charge in [0, 0.05) is 10.7 Å². The number of rotatable bonds is 35. The number of ether oxygens (including phenoxy) is 3. The number of thiol groups is 1. The fourth-order valence-corrected chi connectivity index (χ4v) is 17.7. The number of alkyl halides is 2. The van der Waals surface area contributed by atoms with E-state index >= 15 is 0 Å². The van der Waals surface area contributed by atoms with Crippen LogP contribution in [-0.2, 0) is 0 Å². The molecule has 0 N–H and O–H groups in total. The van der Waals surface area contributed by atoms with Crippen LogP contribution in [0.5, 0.6) is 17.2 Å². The molecular formula is C127H127BBr3N2O3S. The number of benzene rings is 16. The molecule has 0 unspecified atom stereocenters. The maximum Gasteiger partial charge on any atom is -1.00 e. The first-order valence-electron chi connectivity index (χ1n) is 47.7. The third-order valence-corrected chi connectivity index (χ3v) is 25.7. The SMILES string of the molecule is CC[N+](CC)(CC)CCCCOc1ccc(/C(=C(\c2ccccc2)c2ccc(C)cc2)c2ccccc2)cc1.Cc1ccc(/C(=C(\c2ccccc2)c2ccc(C)cc2)c2ccccc2)cc1.Cc1ccc(/C(=C(\c2ccccc2)c2ccc(OCCCCBr)cc2)c2ccccc2)cc1.Cc1ccc(/C(=C(\c2ccccc2)c2ccc(OCCCCBr)cc2)c2ccccc2)cc1.[B]=NS.[Br-]. The van der Waals surface area contributed by atoms with Crippen LogP contribution in [0.4, 0.5) is 0 Å². The number of hydrogen-bond donors (Lipinski definition) is 1. The summed E-state index contributed by atoms with van der Waals surface area (Å²) < 4.78 is 22.0. The predicted octanol–water partition coefficient (Wildman–Crippen LogP) is 30.6. The topological polar surface area (TPSA) is 40.0 Å². The third-order valence-electron chi connectivity index (χ3n) is 24.5. The van der Waals surface area contributed by atoms with Crippen LogP contribution >= 0.6 is 44.7 Å². The van der Waals surface area contributed by atoms with E-state index in [1.54, 1.807) is 0 Å². The van der Waals surface area contributed by atoms with Crippen LogP contribution in [0.15, 0.2) is 441 Å². The Kier molecular flexibility index (Phi) is 43.6. The molecule has 0 saturated heterocycles. The maximum atomic E-state index is 6.18. The number of quaternary nitrogens is 1. The standard InChI is InChI=1S/C37H44NO.2C31H29BrO.C28H24.BHNS.BrH/c1-5-38(6-2,7-3)28-14-15-29-39-35-26-24-34(25-27-35)37(32-18-12-9-13-19-32)36(31-16-10-8-11-17-31)33-22-20-30(4)21-23-33;2*1-24-14-16-27(17-15-24)30(25-10-4-2-5-11-25)31(26-12-6-3-7-13-26)28-18-20-29(21-19-28)33-23-9-8-22-32;1-21-13-17-25(18-14-21)27(23-9-5-3-6-10-23)28(24-11-7-4-8-12-24)26-19-15-22(2)16-20-26;1-2-3;/h8-13,16-27H,5-7,14-15,28-29H2,1-4H3;2*2-7,10-21H,8-9,22-23H2,1H3;3-20H,1-2H3;3H;1H/q+1;;;;;/p-1/b37-36+;2*31-30+;28-27+;;. The molecule has 0 aliphatic rings. The molecular weight excluding hydrogens is 1880 g/mol. The molecule has 0 atom stereocenters. The van der Waals surface area contributed by atoms with Gasteiger partial charge in [0.2, 0.25) is 0 Å². The van der Waals surface area contributed by atoms with Gasteiger partial charge in [0.15, 0.2) is 0 Å². The maximum absolute atomic E-state index is 6.18. The largest absolute Gasteiger partial charge is 1.00 e. The average molecular weight is 2010 g/mol. The molecule has 0 bridgehead atoms. The van der Waals surface area contributed by atoms with Gasteiger partial charge in [-0.2, -0.15) is 0 Å². The van der Waals surface area contributed by atoms with Crippen LogP contribution in [0.1, 0.15) is 176 Å². The van der Waals surface area contributed by atoms with Crippen LogP contribution < -0.4 is 31.2 Å². The number of halogens is 3. The zero-order valence-electron chi connectivity index (χ0n) is 80.5. The quantitative estimate of drug-likeness (QED) is 0.0107. The van der Waals surface area contributed by atoms with Gasteiger partial charge in [-0.25, -0.2) is 0 Å². The van der Waals surface area contributed by atoms with Gasteiger partial charge >= 0.3 is 24.8 Å². The van der Waals surface area contributed by atoms with Crippen LogP contribution in [0.2, 0.25) is 0 Å². The van der Waals surface area contributed by atoms with E-state index in [0.717, 1.165) is 79.8 Å². The molecule has 10 heteroatoms. The van der Waals surface area contributed by atoms with E-state index in [2.05, 4.69) is 549 Å². The molecule has 0 fully saturated rings. The Morgan fingerprint density at radius 1 is 0.226 bits per heavy atom.